The van der Waals surface area contributed by atoms with Crippen LogP contribution in [0.15, 0.2) is 60.7 Å². The van der Waals surface area contributed by atoms with E-state index in [4.69, 9.17) is 4.74 Å². The van der Waals surface area contributed by atoms with Gasteiger partial charge in [0.05, 0.1) is 7.11 Å². The Morgan fingerprint density at radius 3 is 2.48 bits per heavy atom. The second-order valence-electron chi connectivity index (χ2n) is 6.40. The lowest BCUT2D eigenvalue weighted by molar-refractivity contribution is 0.0975. The SMILES string of the molecule is COc1ccc(C(=O)CCCN2CC=C(c3ccccc3)CC2)cc1. The van der Waals surface area contributed by atoms with E-state index in [0.717, 1.165) is 43.8 Å². The number of Topliss-reactive ketones (excluding diaryl/α,β-unsaturated/α-hetero) is 1. The Bertz CT molecular complexity index is 719. The van der Waals surface area contributed by atoms with Crippen molar-refractivity contribution in [3.05, 3.63) is 71.8 Å². The molecule has 0 N–H and O–H groups in total. The van der Waals surface area contributed by atoms with Gasteiger partial charge < -0.3 is 4.74 Å². The molecular formula is C22H25NO2. The monoisotopic (exact) mass is 335 g/mol. The number of ketones is 1. The summed E-state index contributed by atoms with van der Waals surface area (Å²) in [5.41, 5.74) is 3.54. The van der Waals surface area contributed by atoms with Crippen molar-refractivity contribution < 1.29 is 9.53 Å². The number of carbonyl (C=O) groups is 1. The van der Waals surface area contributed by atoms with E-state index in [0.29, 0.717) is 6.42 Å². The van der Waals surface area contributed by atoms with Gasteiger partial charge in [-0.15, -0.1) is 0 Å². The Kier molecular flexibility index (Phi) is 6.02. The van der Waals surface area contributed by atoms with Crippen LogP contribution in [0.5, 0.6) is 5.75 Å². The summed E-state index contributed by atoms with van der Waals surface area (Å²) in [6.45, 7) is 3.01. The van der Waals surface area contributed by atoms with Gasteiger partial charge in [-0.25, -0.2) is 0 Å². The van der Waals surface area contributed by atoms with Crippen LogP contribution in [-0.4, -0.2) is 37.4 Å². The zero-order chi connectivity index (χ0) is 17.5. The van der Waals surface area contributed by atoms with Gasteiger partial charge in [0.1, 0.15) is 5.75 Å². The van der Waals surface area contributed by atoms with Gasteiger partial charge in [-0.1, -0.05) is 36.4 Å². The van der Waals surface area contributed by atoms with Crippen molar-refractivity contribution in [2.75, 3.05) is 26.7 Å². The number of hydrogen-bond acceptors (Lipinski definition) is 3. The van der Waals surface area contributed by atoms with Gasteiger partial charge in [0.15, 0.2) is 5.78 Å². The molecule has 0 atom stereocenters. The molecule has 0 fully saturated rings. The number of hydrogen-bond donors (Lipinski definition) is 0. The Hall–Kier alpha value is -2.39. The van der Waals surface area contributed by atoms with Gasteiger partial charge in [-0.3, -0.25) is 9.69 Å². The molecule has 1 aliphatic rings. The highest BCUT2D eigenvalue weighted by atomic mass is 16.5. The highest BCUT2D eigenvalue weighted by Gasteiger charge is 2.13. The molecule has 0 saturated carbocycles. The summed E-state index contributed by atoms with van der Waals surface area (Å²) in [6.07, 6.45) is 4.90. The van der Waals surface area contributed by atoms with E-state index in [1.807, 2.05) is 24.3 Å². The van der Waals surface area contributed by atoms with Gasteiger partial charge in [0.2, 0.25) is 0 Å². The first-order valence-corrected chi connectivity index (χ1v) is 8.90. The van der Waals surface area contributed by atoms with Crippen molar-refractivity contribution in [3.8, 4) is 5.75 Å². The van der Waals surface area contributed by atoms with Crippen molar-refractivity contribution in [2.45, 2.75) is 19.3 Å². The molecule has 0 spiro atoms. The van der Waals surface area contributed by atoms with E-state index >= 15 is 0 Å². The molecular weight excluding hydrogens is 310 g/mol. The molecule has 25 heavy (non-hydrogen) atoms. The second-order valence-corrected chi connectivity index (χ2v) is 6.40. The van der Waals surface area contributed by atoms with Crippen molar-refractivity contribution in [3.63, 3.8) is 0 Å². The number of rotatable bonds is 7. The lowest BCUT2D eigenvalue weighted by Crippen LogP contribution is -2.29. The predicted molar refractivity (Wildman–Crippen MR) is 102 cm³/mol. The molecule has 2 aromatic carbocycles. The summed E-state index contributed by atoms with van der Waals surface area (Å²) < 4.78 is 5.13. The number of ether oxygens (including phenoxy) is 1. The summed E-state index contributed by atoms with van der Waals surface area (Å²) >= 11 is 0. The van der Waals surface area contributed by atoms with E-state index in [1.165, 1.54) is 11.1 Å². The van der Waals surface area contributed by atoms with E-state index in [2.05, 4.69) is 41.3 Å². The molecule has 0 bridgehead atoms. The third-order valence-corrected chi connectivity index (χ3v) is 4.73. The molecule has 130 valence electrons. The van der Waals surface area contributed by atoms with Crippen LogP contribution in [0.25, 0.3) is 5.57 Å². The fraction of sp³-hybridized carbons (Fsp3) is 0.318. The molecule has 3 rings (SSSR count). The van der Waals surface area contributed by atoms with Crippen LogP contribution in [0.3, 0.4) is 0 Å². The summed E-state index contributed by atoms with van der Waals surface area (Å²) in [4.78, 5) is 14.7. The Balaban J connectivity index is 1.44. The first-order chi connectivity index (χ1) is 12.3. The third-order valence-electron chi connectivity index (χ3n) is 4.73. The topological polar surface area (TPSA) is 29.5 Å². The Morgan fingerprint density at radius 2 is 1.84 bits per heavy atom. The first-order valence-electron chi connectivity index (χ1n) is 8.90. The minimum Gasteiger partial charge on any atom is -0.497 e. The normalized spacial score (nSPS) is 14.8. The highest BCUT2D eigenvalue weighted by molar-refractivity contribution is 5.96. The van der Waals surface area contributed by atoms with Crippen LogP contribution in [0.1, 0.15) is 35.2 Å². The van der Waals surface area contributed by atoms with E-state index in [1.54, 1.807) is 7.11 Å². The summed E-state index contributed by atoms with van der Waals surface area (Å²) in [7, 11) is 1.63. The zero-order valence-corrected chi connectivity index (χ0v) is 14.8. The zero-order valence-electron chi connectivity index (χ0n) is 14.8. The maximum absolute atomic E-state index is 12.3. The summed E-state index contributed by atoms with van der Waals surface area (Å²) in [5, 5.41) is 0. The van der Waals surface area contributed by atoms with Crippen molar-refractivity contribution >= 4 is 11.4 Å². The van der Waals surface area contributed by atoms with Crippen LogP contribution in [0, 0.1) is 0 Å². The number of carbonyl (C=O) groups excluding carboxylic acids is 1. The molecule has 3 heteroatoms. The quantitative estimate of drug-likeness (QED) is 0.700. The van der Waals surface area contributed by atoms with Crippen molar-refractivity contribution in [2.24, 2.45) is 0 Å². The molecule has 0 aliphatic carbocycles. The van der Waals surface area contributed by atoms with Crippen LogP contribution >= 0.6 is 0 Å². The lowest BCUT2D eigenvalue weighted by Gasteiger charge is -2.26. The van der Waals surface area contributed by atoms with Crippen molar-refractivity contribution in [1.29, 1.82) is 0 Å². The summed E-state index contributed by atoms with van der Waals surface area (Å²) in [5.74, 6) is 0.992. The highest BCUT2D eigenvalue weighted by Crippen LogP contribution is 2.22. The molecule has 0 radical (unpaired) electrons. The van der Waals surface area contributed by atoms with Gasteiger partial charge in [-0.2, -0.15) is 0 Å². The van der Waals surface area contributed by atoms with Gasteiger partial charge in [0.25, 0.3) is 0 Å². The van der Waals surface area contributed by atoms with E-state index < -0.39 is 0 Å². The van der Waals surface area contributed by atoms with Gasteiger partial charge in [-0.05, 0) is 54.8 Å². The average Bonchev–Trinajstić information content (AvgIpc) is 2.69. The number of nitrogens with zero attached hydrogens (tertiary/aromatic N) is 1. The molecule has 1 aliphatic heterocycles. The first kappa shape index (κ1) is 17.4. The average molecular weight is 335 g/mol. The molecule has 2 aromatic rings. The molecule has 3 nitrogen and oxygen atoms in total. The van der Waals surface area contributed by atoms with E-state index in [9.17, 15) is 4.79 Å². The molecule has 0 aromatic heterocycles. The molecule has 0 saturated heterocycles. The second kappa shape index (κ2) is 8.63. The molecule has 0 amide bonds. The largest absolute Gasteiger partial charge is 0.497 e. The van der Waals surface area contributed by atoms with Crippen LogP contribution in [0.2, 0.25) is 0 Å². The molecule has 1 heterocycles. The Morgan fingerprint density at radius 1 is 1.08 bits per heavy atom. The van der Waals surface area contributed by atoms with Crippen LogP contribution in [0.4, 0.5) is 0 Å². The number of methoxy groups -OCH3 is 1. The summed E-state index contributed by atoms with van der Waals surface area (Å²) in [6, 6.07) is 18.0. The molecule has 0 unspecified atom stereocenters. The van der Waals surface area contributed by atoms with Gasteiger partial charge in [0, 0.05) is 25.1 Å². The maximum atomic E-state index is 12.3. The smallest absolute Gasteiger partial charge is 0.162 e. The Labute approximate surface area is 149 Å². The number of benzene rings is 2. The lowest BCUT2D eigenvalue weighted by atomic mass is 9.99. The van der Waals surface area contributed by atoms with E-state index in [-0.39, 0.29) is 5.78 Å². The van der Waals surface area contributed by atoms with Crippen LogP contribution in [-0.2, 0) is 0 Å². The van der Waals surface area contributed by atoms with Crippen molar-refractivity contribution in [1.82, 2.24) is 4.90 Å². The minimum absolute atomic E-state index is 0.208. The third kappa shape index (κ3) is 4.80. The van der Waals surface area contributed by atoms with Gasteiger partial charge >= 0.3 is 0 Å². The fourth-order valence-corrected chi connectivity index (χ4v) is 3.21. The maximum Gasteiger partial charge on any atom is 0.162 e. The minimum atomic E-state index is 0.208. The fourth-order valence-electron chi connectivity index (χ4n) is 3.21. The predicted octanol–water partition coefficient (Wildman–Crippen LogP) is 4.45. The standard InChI is InChI=1S/C22H25NO2/c1-25-21-11-9-20(10-12-21)22(24)8-5-15-23-16-13-19(14-17-23)18-6-3-2-4-7-18/h2-4,6-7,9-13H,5,8,14-17H2,1H3. The van der Waals surface area contributed by atoms with Crippen LogP contribution < -0.4 is 4.74 Å².